The van der Waals surface area contributed by atoms with Crippen molar-refractivity contribution >= 4 is 38.9 Å². The molecule has 3 aromatic rings. The third-order valence-electron chi connectivity index (χ3n) is 6.92. The molecular formula is C27H32N4O4S. The van der Waals surface area contributed by atoms with Crippen LogP contribution >= 0.6 is 11.3 Å². The highest BCUT2D eigenvalue weighted by Gasteiger charge is 2.28. The molecule has 190 valence electrons. The van der Waals surface area contributed by atoms with Crippen LogP contribution in [0.4, 0.5) is 5.69 Å². The quantitative estimate of drug-likeness (QED) is 0.453. The molecule has 0 saturated heterocycles. The fourth-order valence-corrected chi connectivity index (χ4v) is 6.50. The Morgan fingerprint density at radius 2 is 2.08 bits per heavy atom. The van der Waals surface area contributed by atoms with E-state index < -0.39 is 0 Å². The minimum absolute atomic E-state index is 0.000986. The minimum Gasteiger partial charge on any atom is -0.482 e. The molecule has 0 bridgehead atoms. The van der Waals surface area contributed by atoms with E-state index in [1.807, 2.05) is 25.9 Å². The van der Waals surface area contributed by atoms with Crippen LogP contribution in [0.3, 0.4) is 0 Å². The largest absolute Gasteiger partial charge is 0.482 e. The van der Waals surface area contributed by atoms with Gasteiger partial charge in [-0.3, -0.25) is 19.0 Å². The lowest BCUT2D eigenvalue weighted by molar-refractivity contribution is -0.121. The molecule has 1 aliphatic heterocycles. The van der Waals surface area contributed by atoms with E-state index >= 15 is 0 Å². The molecule has 3 heterocycles. The molecule has 2 aliphatic rings. The van der Waals surface area contributed by atoms with E-state index in [1.165, 1.54) is 4.88 Å². The molecule has 1 aromatic carbocycles. The van der Waals surface area contributed by atoms with Crippen LogP contribution in [0.15, 0.2) is 23.0 Å². The van der Waals surface area contributed by atoms with Gasteiger partial charge in [0.1, 0.15) is 16.4 Å². The number of fused-ring (bicyclic) bond motifs is 4. The summed E-state index contributed by atoms with van der Waals surface area (Å²) in [4.78, 5) is 50.3. The number of Topliss-reactive ketones (excluding diaryl/α,β-unsaturated/α-hetero) is 1. The average molecular weight is 509 g/mol. The summed E-state index contributed by atoms with van der Waals surface area (Å²) in [5.74, 6) is 1.45. The number of nitrogens with zero attached hydrogens (tertiary/aromatic N) is 4. The zero-order valence-electron chi connectivity index (χ0n) is 21.3. The predicted octanol–water partition coefficient (Wildman–Crippen LogP) is 3.66. The minimum atomic E-state index is -0.201. The molecule has 1 unspecified atom stereocenters. The monoisotopic (exact) mass is 508 g/mol. The predicted molar refractivity (Wildman–Crippen MR) is 141 cm³/mol. The number of thiophene rings is 1. The molecule has 1 amide bonds. The Morgan fingerprint density at radius 3 is 2.83 bits per heavy atom. The number of aromatic nitrogens is 2. The molecule has 1 aliphatic carbocycles. The maximum absolute atomic E-state index is 13.8. The van der Waals surface area contributed by atoms with Crippen molar-refractivity contribution in [2.75, 3.05) is 32.1 Å². The average Bonchev–Trinajstić information content (AvgIpc) is 3.19. The molecule has 1 atom stereocenters. The van der Waals surface area contributed by atoms with Gasteiger partial charge in [-0.2, -0.15) is 0 Å². The molecule has 0 spiro atoms. The molecule has 8 nitrogen and oxygen atoms in total. The normalized spacial score (nSPS) is 17.3. The Bertz CT molecular complexity index is 1410. The highest BCUT2D eigenvalue weighted by molar-refractivity contribution is 7.18. The number of benzene rings is 1. The first kappa shape index (κ1) is 24.6. The van der Waals surface area contributed by atoms with E-state index in [0.717, 1.165) is 36.1 Å². The molecule has 0 saturated carbocycles. The maximum Gasteiger partial charge on any atom is 0.265 e. The van der Waals surface area contributed by atoms with E-state index in [2.05, 4.69) is 6.92 Å². The summed E-state index contributed by atoms with van der Waals surface area (Å²) in [6.45, 7) is 5.15. The number of ketones is 1. The summed E-state index contributed by atoms with van der Waals surface area (Å²) < 4.78 is 7.12. The number of hydrogen-bond acceptors (Lipinski definition) is 7. The van der Waals surface area contributed by atoms with Crippen LogP contribution in [0.1, 0.15) is 53.3 Å². The van der Waals surface area contributed by atoms with Crippen LogP contribution in [-0.4, -0.2) is 53.4 Å². The van der Waals surface area contributed by atoms with E-state index in [-0.39, 0.29) is 30.4 Å². The fourth-order valence-electron chi connectivity index (χ4n) is 5.11. The zero-order valence-corrected chi connectivity index (χ0v) is 22.1. The second-order valence-electron chi connectivity index (χ2n) is 10.1. The summed E-state index contributed by atoms with van der Waals surface area (Å²) in [6, 6.07) is 5.15. The summed E-state index contributed by atoms with van der Waals surface area (Å²) in [6.07, 6.45) is 3.70. The van der Waals surface area contributed by atoms with Gasteiger partial charge in [0.05, 0.1) is 24.2 Å². The SMILES string of the molecule is CCCN1C(=O)COc2ccc(C(=O)Cn3c(CN(C)C)nc4sc5c(c4c3=O)CCC(C)C5)cc21. The van der Waals surface area contributed by atoms with Gasteiger partial charge in [-0.05, 0) is 69.5 Å². The van der Waals surface area contributed by atoms with Crippen molar-refractivity contribution in [1.29, 1.82) is 0 Å². The highest BCUT2D eigenvalue weighted by atomic mass is 32.1. The Morgan fingerprint density at radius 1 is 1.28 bits per heavy atom. The van der Waals surface area contributed by atoms with E-state index in [0.29, 0.717) is 47.2 Å². The Hall–Kier alpha value is -3.04. The Kier molecular flexibility index (Phi) is 6.70. The van der Waals surface area contributed by atoms with Crippen molar-refractivity contribution in [2.24, 2.45) is 5.92 Å². The first-order chi connectivity index (χ1) is 17.3. The fraction of sp³-hybridized carbons (Fsp3) is 0.481. The maximum atomic E-state index is 13.8. The second-order valence-corrected chi connectivity index (χ2v) is 11.2. The van der Waals surface area contributed by atoms with Crippen molar-refractivity contribution in [1.82, 2.24) is 14.5 Å². The zero-order chi connectivity index (χ0) is 25.6. The van der Waals surface area contributed by atoms with Gasteiger partial charge in [0.2, 0.25) is 0 Å². The summed E-state index contributed by atoms with van der Waals surface area (Å²) >= 11 is 1.62. The van der Waals surface area contributed by atoms with Gasteiger partial charge in [-0.15, -0.1) is 11.3 Å². The molecular weight excluding hydrogens is 476 g/mol. The van der Waals surface area contributed by atoms with Crippen LogP contribution in [-0.2, 0) is 30.7 Å². The Labute approximate surface area is 214 Å². The van der Waals surface area contributed by atoms with Crippen molar-refractivity contribution in [3.05, 3.63) is 50.4 Å². The van der Waals surface area contributed by atoms with Gasteiger partial charge in [0, 0.05) is 17.0 Å². The van der Waals surface area contributed by atoms with Crippen molar-refractivity contribution < 1.29 is 14.3 Å². The number of rotatable bonds is 7. The number of aryl methyl sites for hydroxylation is 1. The van der Waals surface area contributed by atoms with Gasteiger partial charge in [0.15, 0.2) is 12.4 Å². The summed E-state index contributed by atoms with van der Waals surface area (Å²) in [5.41, 5.74) is 2.02. The molecule has 36 heavy (non-hydrogen) atoms. The van der Waals surface area contributed by atoms with E-state index in [9.17, 15) is 14.4 Å². The molecule has 9 heteroatoms. The van der Waals surface area contributed by atoms with Crippen molar-refractivity contribution in [3.63, 3.8) is 0 Å². The molecule has 2 aromatic heterocycles. The lowest BCUT2D eigenvalue weighted by atomic mass is 9.89. The van der Waals surface area contributed by atoms with Crippen LogP contribution in [0.2, 0.25) is 0 Å². The van der Waals surface area contributed by atoms with E-state index in [4.69, 9.17) is 9.72 Å². The lowest BCUT2D eigenvalue weighted by Crippen LogP contribution is -2.39. The summed E-state index contributed by atoms with van der Waals surface area (Å²) in [7, 11) is 3.85. The number of carbonyl (C=O) groups excluding carboxylic acids is 2. The molecule has 5 rings (SSSR count). The third-order valence-corrected chi connectivity index (χ3v) is 8.07. The van der Waals surface area contributed by atoms with Gasteiger partial charge in [-0.1, -0.05) is 13.8 Å². The van der Waals surface area contributed by atoms with Crippen LogP contribution < -0.4 is 15.2 Å². The van der Waals surface area contributed by atoms with Crippen LogP contribution in [0, 0.1) is 5.92 Å². The number of hydrogen-bond donors (Lipinski definition) is 0. The standard InChI is InChI=1S/C27H32N4O4S/c1-5-10-30-19-12-17(7-9-21(19)35-15-24(30)33)20(32)13-31-23(14-29(3)4)28-26-25(27(31)34)18-8-6-16(2)11-22(18)36-26/h7,9,12,16H,5-6,8,10-11,13-15H2,1-4H3. The first-order valence-corrected chi connectivity index (χ1v) is 13.4. The molecule has 0 N–H and O–H groups in total. The van der Waals surface area contributed by atoms with Gasteiger partial charge in [-0.25, -0.2) is 4.98 Å². The van der Waals surface area contributed by atoms with Gasteiger partial charge >= 0.3 is 0 Å². The third kappa shape index (κ3) is 4.46. The first-order valence-electron chi connectivity index (χ1n) is 12.6. The molecule has 0 radical (unpaired) electrons. The molecule has 0 fully saturated rings. The number of carbonyl (C=O) groups is 2. The number of anilines is 1. The number of ether oxygens (including phenoxy) is 1. The topological polar surface area (TPSA) is 84.7 Å². The lowest BCUT2D eigenvalue weighted by Gasteiger charge is -2.29. The van der Waals surface area contributed by atoms with Crippen LogP contribution in [0.25, 0.3) is 10.2 Å². The second kappa shape index (κ2) is 9.78. The van der Waals surface area contributed by atoms with Crippen molar-refractivity contribution in [3.8, 4) is 5.75 Å². The van der Waals surface area contributed by atoms with Crippen molar-refractivity contribution in [2.45, 2.75) is 52.6 Å². The smallest absolute Gasteiger partial charge is 0.265 e. The highest BCUT2D eigenvalue weighted by Crippen LogP contribution is 2.36. The van der Waals surface area contributed by atoms with Gasteiger partial charge < -0.3 is 14.5 Å². The van der Waals surface area contributed by atoms with E-state index in [1.54, 1.807) is 39.0 Å². The summed E-state index contributed by atoms with van der Waals surface area (Å²) in [5, 5.41) is 0.677. The van der Waals surface area contributed by atoms with Gasteiger partial charge in [0.25, 0.3) is 11.5 Å². The Balaban J connectivity index is 1.55. The van der Waals surface area contributed by atoms with Crippen LogP contribution in [0.5, 0.6) is 5.75 Å². The number of amides is 1.